The highest BCUT2D eigenvalue weighted by Crippen LogP contribution is 2.23. The lowest BCUT2D eigenvalue weighted by Crippen LogP contribution is -2.49. The highest BCUT2D eigenvalue weighted by molar-refractivity contribution is 6.35. The van der Waals surface area contributed by atoms with Crippen molar-refractivity contribution >= 4 is 35.0 Å². The van der Waals surface area contributed by atoms with Crippen LogP contribution in [0, 0.1) is 6.92 Å². The number of carbonyl (C=O) groups excluding carboxylic acids is 2. The Morgan fingerprint density at radius 3 is 2.31 bits per heavy atom. The van der Waals surface area contributed by atoms with Gasteiger partial charge in [0.15, 0.2) is 0 Å². The largest absolute Gasteiger partial charge is 0.352 e. The van der Waals surface area contributed by atoms with E-state index in [1.54, 1.807) is 30.0 Å². The molecular formula is C23H28Cl2N2O2. The Labute approximate surface area is 183 Å². The second kappa shape index (κ2) is 10.7. The third-order valence-electron chi connectivity index (χ3n) is 5.00. The Morgan fingerprint density at radius 1 is 1.07 bits per heavy atom. The average molecular weight is 435 g/mol. The molecule has 0 heterocycles. The molecule has 0 aliphatic heterocycles. The van der Waals surface area contributed by atoms with Crippen LogP contribution in [0.3, 0.4) is 0 Å². The van der Waals surface area contributed by atoms with Crippen molar-refractivity contribution in [3.63, 3.8) is 0 Å². The van der Waals surface area contributed by atoms with E-state index in [-0.39, 0.29) is 30.8 Å². The molecule has 0 aliphatic rings. The highest BCUT2D eigenvalue weighted by Gasteiger charge is 2.27. The molecule has 2 aromatic carbocycles. The van der Waals surface area contributed by atoms with Crippen LogP contribution in [0.5, 0.6) is 0 Å². The summed E-state index contributed by atoms with van der Waals surface area (Å²) in [7, 11) is 0. The molecule has 2 atom stereocenters. The predicted octanol–water partition coefficient (Wildman–Crippen LogP) is 5.18. The van der Waals surface area contributed by atoms with Gasteiger partial charge in [-0.15, -0.1) is 0 Å². The van der Waals surface area contributed by atoms with Gasteiger partial charge < -0.3 is 10.2 Å². The molecule has 0 bridgehead atoms. The van der Waals surface area contributed by atoms with Crippen molar-refractivity contribution in [2.75, 3.05) is 0 Å². The first kappa shape index (κ1) is 23.2. The molecule has 156 valence electrons. The minimum absolute atomic E-state index is 0.0399. The van der Waals surface area contributed by atoms with E-state index in [2.05, 4.69) is 5.32 Å². The summed E-state index contributed by atoms with van der Waals surface area (Å²) in [6, 6.07) is 12.4. The van der Waals surface area contributed by atoms with Crippen LogP contribution < -0.4 is 5.32 Å². The van der Waals surface area contributed by atoms with Gasteiger partial charge in [-0.05, 0) is 50.5 Å². The number of halogens is 2. The number of nitrogens with one attached hydrogen (secondary N) is 1. The van der Waals surface area contributed by atoms with Crippen molar-refractivity contribution in [2.45, 2.75) is 59.2 Å². The zero-order valence-electron chi connectivity index (χ0n) is 17.3. The van der Waals surface area contributed by atoms with Crippen LogP contribution in [0.2, 0.25) is 10.0 Å². The van der Waals surface area contributed by atoms with Crippen LogP contribution in [0.4, 0.5) is 0 Å². The van der Waals surface area contributed by atoms with Crippen LogP contribution in [0.1, 0.15) is 43.9 Å². The summed E-state index contributed by atoms with van der Waals surface area (Å²) in [6.45, 7) is 7.93. The number of benzene rings is 2. The van der Waals surface area contributed by atoms with Crippen molar-refractivity contribution in [1.82, 2.24) is 10.2 Å². The van der Waals surface area contributed by atoms with E-state index in [0.29, 0.717) is 10.0 Å². The normalized spacial score (nSPS) is 12.9. The summed E-state index contributed by atoms with van der Waals surface area (Å²) in [5.74, 6) is -0.312. The number of rotatable bonds is 8. The Bertz CT molecular complexity index is 852. The number of nitrogens with zero attached hydrogens (tertiary/aromatic N) is 1. The maximum Gasteiger partial charge on any atom is 0.242 e. The van der Waals surface area contributed by atoms with Crippen molar-refractivity contribution < 1.29 is 9.59 Å². The molecule has 0 aliphatic carbocycles. The summed E-state index contributed by atoms with van der Waals surface area (Å²) in [5, 5.41) is 3.96. The molecule has 1 N–H and O–H groups in total. The SMILES string of the molecule is CC[C@H](C)NC(=O)[C@@H](C)N(Cc1ccc(Cl)cc1Cl)C(=O)Cc1ccc(C)cc1. The topological polar surface area (TPSA) is 49.4 Å². The molecule has 0 radical (unpaired) electrons. The summed E-state index contributed by atoms with van der Waals surface area (Å²) in [4.78, 5) is 27.5. The fourth-order valence-electron chi connectivity index (χ4n) is 2.86. The monoisotopic (exact) mass is 434 g/mol. The van der Waals surface area contributed by atoms with E-state index >= 15 is 0 Å². The fraction of sp³-hybridized carbons (Fsp3) is 0.391. The molecule has 0 saturated heterocycles. The molecule has 29 heavy (non-hydrogen) atoms. The van der Waals surface area contributed by atoms with E-state index in [0.717, 1.165) is 23.1 Å². The number of hydrogen-bond acceptors (Lipinski definition) is 2. The van der Waals surface area contributed by atoms with Crippen LogP contribution in [0.25, 0.3) is 0 Å². The van der Waals surface area contributed by atoms with Crippen LogP contribution in [-0.4, -0.2) is 28.8 Å². The van der Waals surface area contributed by atoms with Gasteiger partial charge in [0.1, 0.15) is 6.04 Å². The summed E-state index contributed by atoms with van der Waals surface area (Å²) in [6.07, 6.45) is 1.03. The van der Waals surface area contributed by atoms with Gasteiger partial charge in [0, 0.05) is 22.6 Å². The van der Waals surface area contributed by atoms with Crippen molar-refractivity contribution in [3.05, 3.63) is 69.2 Å². The minimum Gasteiger partial charge on any atom is -0.352 e. The fourth-order valence-corrected chi connectivity index (χ4v) is 3.33. The maximum atomic E-state index is 13.2. The molecule has 0 spiro atoms. The lowest BCUT2D eigenvalue weighted by molar-refractivity contribution is -0.140. The zero-order chi connectivity index (χ0) is 21.6. The van der Waals surface area contributed by atoms with Gasteiger partial charge in [0.2, 0.25) is 11.8 Å². The van der Waals surface area contributed by atoms with Crippen LogP contribution in [-0.2, 0) is 22.6 Å². The van der Waals surface area contributed by atoms with Crippen molar-refractivity contribution in [3.8, 4) is 0 Å². The Kier molecular flexibility index (Phi) is 8.54. The second-order valence-electron chi connectivity index (χ2n) is 7.41. The van der Waals surface area contributed by atoms with Crippen molar-refractivity contribution in [1.29, 1.82) is 0 Å². The summed E-state index contributed by atoms with van der Waals surface area (Å²) >= 11 is 12.3. The Balaban J connectivity index is 2.26. The minimum atomic E-state index is -0.631. The third kappa shape index (κ3) is 6.76. The smallest absolute Gasteiger partial charge is 0.242 e. The van der Waals surface area contributed by atoms with Gasteiger partial charge in [0.05, 0.1) is 6.42 Å². The first-order chi connectivity index (χ1) is 13.7. The molecule has 2 aromatic rings. The quantitative estimate of drug-likeness (QED) is 0.622. The molecular weight excluding hydrogens is 407 g/mol. The Morgan fingerprint density at radius 2 is 1.72 bits per heavy atom. The summed E-state index contributed by atoms with van der Waals surface area (Å²) < 4.78 is 0. The first-order valence-corrected chi connectivity index (χ1v) is 10.6. The molecule has 0 fully saturated rings. The number of hydrogen-bond donors (Lipinski definition) is 1. The second-order valence-corrected chi connectivity index (χ2v) is 8.26. The average Bonchev–Trinajstić information content (AvgIpc) is 2.68. The van der Waals surface area contributed by atoms with Crippen LogP contribution >= 0.6 is 23.2 Å². The van der Waals surface area contributed by atoms with Gasteiger partial charge in [0.25, 0.3) is 0 Å². The molecule has 0 unspecified atom stereocenters. The molecule has 0 aromatic heterocycles. The van der Waals surface area contributed by atoms with Gasteiger partial charge in [-0.25, -0.2) is 0 Å². The standard InChI is InChI=1S/C23H28Cl2N2O2/c1-5-16(3)26-23(29)17(4)27(14-19-10-11-20(24)13-21(19)25)22(28)12-18-8-6-15(2)7-9-18/h6-11,13,16-17H,5,12,14H2,1-4H3,(H,26,29)/t16-,17+/m0/s1. The zero-order valence-corrected chi connectivity index (χ0v) is 18.8. The van der Waals surface area contributed by atoms with Crippen LogP contribution in [0.15, 0.2) is 42.5 Å². The molecule has 2 amide bonds. The lowest BCUT2D eigenvalue weighted by atomic mass is 10.1. The first-order valence-electron chi connectivity index (χ1n) is 9.80. The van der Waals surface area contributed by atoms with E-state index in [9.17, 15) is 9.59 Å². The van der Waals surface area contributed by atoms with E-state index in [1.807, 2.05) is 45.0 Å². The molecule has 2 rings (SSSR count). The number of amides is 2. The lowest BCUT2D eigenvalue weighted by Gasteiger charge is -2.30. The van der Waals surface area contributed by atoms with Gasteiger partial charge in [-0.1, -0.05) is 66.0 Å². The number of aryl methyl sites for hydroxylation is 1. The van der Waals surface area contributed by atoms with Gasteiger partial charge in [-0.3, -0.25) is 9.59 Å². The van der Waals surface area contributed by atoms with Gasteiger partial charge in [-0.2, -0.15) is 0 Å². The third-order valence-corrected chi connectivity index (χ3v) is 5.59. The number of carbonyl (C=O) groups is 2. The Hall–Kier alpha value is -2.04. The van der Waals surface area contributed by atoms with Gasteiger partial charge >= 0.3 is 0 Å². The summed E-state index contributed by atoms with van der Waals surface area (Å²) in [5.41, 5.74) is 2.78. The molecule has 4 nitrogen and oxygen atoms in total. The van der Waals surface area contributed by atoms with E-state index < -0.39 is 6.04 Å². The maximum absolute atomic E-state index is 13.2. The molecule has 6 heteroatoms. The predicted molar refractivity (Wildman–Crippen MR) is 119 cm³/mol. The highest BCUT2D eigenvalue weighted by atomic mass is 35.5. The van der Waals surface area contributed by atoms with Crippen molar-refractivity contribution in [2.24, 2.45) is 0 Å². The van der Waals surface area contributed by atoms with E-state index in [4.69, 9.17) is 23.2 Å². The van der Waals surface area contributed by atoms with E-state index in [1.165, 1.54) is 0 Å². The molecule has 0 saturated carbocycles.